The van der Waals surface area contributed by atoms with Crippen LogP contribution >= 0.6 is 0 Å². The average molecular weight is 384 g/mol. The molecule has 1 nitrogen and oxygen atoms in total. The van der Waals surface area contributed by atoms with E-state index in [1.165, 1.54) is 5.56 Å². The fourth-order valence-electron chi connectivity index (χ4n) is 0.723. The Kier molecular flexibility index (Phi) is 10.5. The normalized spacial score (nSPS) is 7.17. The van der Waals surface area contributed by atoms with Crippen LogP contribution in [0.15, 0.2) is 24.3 Å². The second-order valence-electron chi connectivity index (χ2n) is 1.99. The van der Waals surface area contributed by atoms with Gasteiger partial charge >= 0.3 is 32.0 Å². The molecule has 0 bridgehead atoms. The van der Waals surface area contributed by atoms with Crippen LogP contribution in [0.1, 0.15) is 11.1 Å². The van der Waals surface area contributed by atoms with Gasteiger partial charge in [-0.15, -0.1) is 11.6 Å². The van der Waals surface area contributed by atoms with Crippen molar-refractivity contribution < 1.29 is 28.7 Å². The maximum absolute atomic E-state index is 6.79. The summed E-state index contributed by atoms with van der Waals surface area (Å²) in [4.78, 5) is 0. The molecule has 0 aromatic heterocycles. The van der Waals surface area contributed by atoms with Crippen LogP contribution in [0.4, 0.5) is 0 Å². The van der Waals surface area contributed by atoms with Crippen molar-refractivity contribution in [2.24, 2.45) is 0 Å². The summed E-state index contributed by atoms with van der Waals surface area (Å²) < 4.78 is 4.67. The summed E-state index contributed by atoms with van der Waals surface area (Å²) in [6, 6.07) is 7.71. The summed E-state index contributed by atoms with van der Waals surface area (Å²) >= 11 is 0.658. The first-order valence-corrected chi connectivity index (χ1v) is 5.51. The quantitative estimate of drug-likeness (QED) is 0.568. The third-order valence-corrected chi connectivity index (χ3v) is 1.16. The predicted molar refractivity (Wildman–Crippen MR) is 49.4 cm³/mol. The van der Waals surface area contributed by atoms with Crippen molar-refractivity contribution in [2.45, 2.75) is 6.92 Å². The number of hydrogen-bond donors (Lipinski definition) is 1. The molecule has 0 amide bonds. The van der Waals surface area contributed by atoms with Crippen molar-refractivity contribution in [3.8, 4) is 3.32 Å². The molecule has 1 aromatic rings. The molecular weight excluding hydrogens is 372 g/mol. The standard InChI is InChI=1S/C8H8N.CH3.CH.U/c1-7-3-2-4-8(5-7)6-9;;;/h2-5,9H,1H3;1H3;1H;/q2*-1;;. The van der Waals surface area contributed by atoms with Crippen LogP contribution in [0.5, 0.6) is 0 Å². The molecule has 0 saturated heterocycles. The predicted octanol–water partition coefficient (Wildman–Crippen LogP) is 2.44. The van der Waals surface area contributed by atoms with Gasteiger partial charge in [-0.25, -0.2) is 0 Å². The first-order valence-electron chi connectivity index (χ1n) is 3.11. The summed E-state index contributed by atoms with van der Waals surface area (Å²) in [6.07, 6.45) is 2.32. The van der Waals surface area contributed by atoms with Gasteiger partial charge < -0.3 is 12.8 Å². The van der Waals surface area contributed by atoms with E-state index in [2.05, 4.69) is 9.54 Å². The van der Waals surface area contributed by atoms with E-state index in [0.717, 1.165) is 5.56 Å². The summed E-state index contributed by atoms with van der Waals surface area (Å²) in [6.45, 7) is 2.00. The minimum atomic E-state index is 0. The Hall–Kier alpha value is -0.278. The minimum absolute atomic E-state index is 0. The summed E-state index contributed by atoms with van der Waals surface area (Å²) in [7, 11) is 0. The molecular formula is C10H12NU-2. The molecule has 12 heavy (non-hydrogen) atoms. The van der Waals surface area contributed by atoms with Gasteiger partial charge in [0.05, 0.1) is 0 Å². The van der Waals surface area contributed by atoms with Gasteiger partial charge in [-0.05, 0) is 0 Å². The van der Waals surface area contributed by atoms with Crippen LogP contribution in [-0.2, 0) is 0 Å². The molecule has 2 heteroatoms. The maximum atomic E-state index is 6.79. The van der Waals surface area contributed by atoms with Gasteiger partial charge in [0, 0.05) is 0 Å². The summed E-state index contributed by atoms with van der Waals surface area (Å²) in [5, 5.41) is 6.79. The van der Waals surface area contributed by atoms with Crippen molar-refractivity contribution in [2.75, 3.05) is 0 Å². The van der Waals surface area contributed by atoms with Gasteiger partial charge in [0.1, 0.15) is 0 Å². The molecule has 0 saturated carbocycles. The van der Waals surface area contributed by atoms with Gasteiger partial charge in [0.25, 0.3) is 0 Å². The fraction of sp³-hybridized carbons (Fsp3) is 0.100. The van der Waals surface area contributed by atoms with E-state index in [4.69, 9.17) is 5.41 Å². The molecule has 0 aliphatic heterocycles. The second kappa shape index (κ2) is 8.82. The van der Waals surface area contributed by atoms with E-state index in [-0.39, 0.29) is 7.43 Å². The molecule has 1 N–H and O–H groups in total. The van der Waals surface area contributed by atoms with Gasteiger partial charge in [0.2, 0.25) is 0 Å². The molecule has 0 unspecified atom stereocenters. The zero-order valence-electron chi connectivity index (χ0n) is 7.39. The Balaban J connectivity index is 0. The van der Waals surface area contributed by atoms with E-state index in [0.29, 0.717) is 28.7 Å². The zero-order valence-corrected chi connectivity index (χ0v) is 11.6. The zero-order chi connectivity index (χ0) is 8.69. The monoisotopic (exact) mass is 384 g/mol. The van der Waals surface area contributed by atoms with Crippen LogP contribution in [0.25, 0.3) is 0 Å². The van der Waals surface area contributed by atoms with Crippen molar-refractivity contribution in [1.29, 1.82) is 5.41 Å². The molecule has 0 radical (unpaired) electrons. The topological polar surface area (TPSA) is 23.9 Å². The number of aryl methyl sites for hydroxylation is 1. The van der Waals surface area contributed by atoms with Crippen molar-refractivity contribution in [3.05, 3.63) is 42.8 Å². The fourth-order valence-corrected chi connectivity index (χ4v) is 0.723. The molecule has 0 aliphatic rings. The molecule has 63 valence electrons. The number of benzene rings is 1. The van der Waals surface area contributed by atoms with Crippen LogP contribution in [0.3, 0.4) is 0 Å². The van der Waals surface area contributed by atoms with E-state index >= 15 is 0 Å². The van der Waals surface area contributed by atoms with E-state index in [1.54, 1.807) is 0 Å². The third kappa shape index (κ3) is 5.38. The molecule has 0 fully saturated rings. The van der Waals surface area contributed by atoms with E-state index in [9.17, 15) is 0 Å². The second-order valence-corrected chi connectivity index (χ2v) is 1.99. The summed E-state index contributed by atoms with van der Waals surface area (Å²) in [5.74, 6) is 0. The molecule has 1 rings (SSSR count). The number of hydrogen-bond acceptors (Lipinski definition) is 1. The Labute approximate surface area is 93.0 Å². The molecule has 0 atom stereocenters. The van der Waals surface area contributed by atoms with E-state index in [1.807, 2.05) is 31.2 Å². The van der Waals surface area contributed by atoms with E-state index < -0.39 is 0 Å². The van der Waals surface area contributed by atoms with Crippen molar-refractivity contribution >= 4 is 6.21 Å². The van der Waals surface area contributed by atoms with Crippen LogP contribution in [0, 0.1) is 51.8 Å². The average Bonchev–Trinajstić information content (AvgIpc) is 2.08. The summed E-state index contributed by atoms with van der Waals surface area (Å²) in [5.41, 5.74) is 2.02. The number of rotatable bonds is 1. The van der Waals surface area contributed by atoms with Crippen LogP contribution in [0.2, 0.25) is 0 Å². The first kappa shape index (κ1) is 14.3. The van der Waals surface area contributed by atoms with Gasteiger partial charge in [-0.2, -0.15) is 17.7 Å². The first-order chi connectivity index (χ1) is 5.33. The van der Waals surface area contributed by atoms with Gasteiger partial charge in [-0.3, -0.25) is 0 Å². The Morgan fingerprint density at radius 2 is 2.00 bits per heavy atom. The Morgan fingerprint density at radius 3 is 2.33 bits per heavy atom. The number of nitrogens with one attached hydrogen (secondary N) is 1. The van der Waals surface area contributed by atoms with Crippen molar-refractivity contribution in [1.82, 2.24) is 0 Å². The van der Waals surface area contributed by atoms with Gasteiger partial charge in [-0.1, -0.05) is 19.2 Å². The molecule has 0 aliphatic carbocycles. The van der Waals surface area contributed by atoms with Crippen LogP contribution in [-0.4, -0.2) is 6.21 Å². The molecule has 0 spiro atoms. The SMILES string of the molecule is Cc1cccc([C-]=N)c1.[CH3-].[CH]#[U]. The van der Waals surface area contributed by atoms with Crippen LogP contribution < -0.4 is 0 Å². The third-order valence-electron chi connectivity index (χ3n) is 1.16. The molecule has 0 heterocycles. The Bertz CT molecular complexity index is 253. The van der Waals surface area contributed by atoms with Crippen molar-refractivity contribution in [3.63, 3.8) is 0 Å². The van der Waals surface area contributed by atoms with Gasteiger partial charge in [0.15, 0.2) is 0 Å². The Morgan fingerprint density at radius 1 is 1.42 bits per heavy atom. The molecule has 1 aromatic carbocycles.